The Bertz CT molecular complexity index is 289. The molecule has 3 rings (SSSR count). The van der Waals surface area contributed by atoms with Crippen LogP contribution in [0.4, 0.5) is 0 Å². The maximum atomic E-state index is 11.0. The minimum atomic E-state index is 0.157. The van der Waals surface area contributed by atoms with Crippen LogP contribution in [0.5, 0.6) is 0 Å². The van der Waals surface area contributed by atoms with E-state index in [4.69, 9.17) is 0 Å². The van der Waals surface area contributed by atoms with Gasteiger partial charge in [0.25, 0.3) is 0 Å². The molecule has 104 valence electrons. The minimum Gasteiger partial charge on any atom is -0.313 e. The summed E-state index contributed by atoms with van der Waals surface area (Å²) in [4.78, 5) is 0. The fourth-order valence-corrected chi connectivity index (χ4v) is 5.31. The number of hydroxylamine groups is 2. The van der Waals surface area contributed by atoms with E-state index in [9.17, 15) is 5.21 Å². The molecule has 3 aliphatic rings. The van der Waals surface area contributed by atoms with Crippen molar-refractivity contribution in [1.82, 2.24) is 5.06 Å². The lowest BCUT2D eigenvalue weighted by atomic mass is 9.72. The van der Waals surface area contributed by atoms with Crippen LogP contribution in [-0.2, 0) is 0 Å². The maximum absolute atomic E-state index is 11.0. The van der Waals surface area contributed by atoms with Gasteiger partial charge in [-0.2, -0.15) is 5.06 Å². The van der Waals surface area contributed by atoms with E-state index >= 15 is 0 Å². The molecule has 2 aliphatic carbocycles. The van der Waals surface area contributed by atoms with Crippen LogP contribution >= 0.6 is 0 Å². The molecule has 1 unspecified atom stereocenters. The Morgan fingerprint density at radius 1 is 0.944 bits per heavy atom. The van der Waals surface area contributed by atoms with E-state index in [1.54, 1.807) is 0 Å². The Balaban J connectivity index is 1.88. The molecule has 1 N–H and O–H groups in total. The summed E-state index contributed by atoms with van der Waals surface area (Å²) >= 11 is 0. The van der Waals surface area contributed by atoms with Gasteiger partial charge in [0.15, 0.2) is 0 Å². The fourth-order valence-electron chi connectivity index (χ4n) is 5.31. The molecular weight excluding hydrogens is 222 g/mol. The van der Waals surface area contributed by atoms with Crippen molar-refractivity contribution in [3.8, 4) is 0 Å². The second-order valence-electron chi connectivity index (χ2n) is 7.07. The third-order valence-electron chi connectivity index (χ3n) is 6.25. The Labute approximate surface area is 112 Å². The van der Waals surface area contributed by atoms with E-state index in [1.807, 2.05) is 5.06 Å². The van der Waals surface area contributed by atoms with Crippen LogP contribution in [0.2, 0.25) is 0 Å². The van der Waals surface area contributed by atoms with Crippen LogP contribution in [0.25, 0.3) is 0 Å². The van der Waals surface area contributed by atoms with Crippen molar-refractivity contribution < 1.29 is 5.21 Å². The zero-order valence-electron chi connectivity index (χ0n) is 12.0. The lowest BCUT2D eigenvalue weighted by Crippen LogP contribution is -2.55. The predicted molar refractivity (Wildman–Crippen MR) is 73.7 cm³/mol. The predicted octanol–water partition coefficient (Wildman–Crippen LogP) is 4.51. The van der Waals surface area contributed by atoms with Crippen LogP contribution in [-0.4, -0.2) is 21.3 Å². The third kappa shape index (κ3) is 1.76. The summed E-state index contributed by atoms with van der Waals surface area (Å²) in [5.41, 5.74) is 0.320. The van der Waals surface area contributed by atoms with E-state index in [0.717, 1.165) is 5.92 Å². The van der Waals surface area contributed by atoms with E-state index in [0.29, 0.717) is 0 Å². The Kier molecular flexibility index (Phi) is 3.44. The van der Waals surface area contributed by atoms with Gasteiger partial charge in [0.1, 0.15) is 0 Å². The Morgan fingerprint density at radius 3 is 2.06 bits per heavy atom. The van der Waals surface area contributed by atoms with Gasteiger partial charge in [-0.3, -0.25) is 0 Å². The molecule has 3 fully saturated rings. The van der Waals surface area contributed by atoms with Gasteiger partial charge in [0.2, 0.25) is 0 Å². The van der Waals surface area contributed by atoms with Gasteiger partial charge >= 0.3 is 0 Å². The lowest BCUT2D eigenvalue weighted by molar-refractivity contribution is -0.232. The van der Waals surface area contributed by atoms with E-state index < -0.39 is 0 Å². The molecule has 2 spiro atoms. The minimum absolute atomic E-state index is 0.157. The molecule has 2 nitrogen and oxygen atoms in total. The first-order valence-corrected chi connectivity index (χ1v) is 8.23. The summed E-state index contributed by atoms with van der Waals surface area (Å²) < 4.78 is 0. The zero-order chi connectivity index (χ0) is 12.6. The summed E-state index contributed by atoms with van der Waals surface area (Å²) in [5.74, 6) is 0.737. The van der Waals surface area contributed by atoms with Gasteiger partial charge in [-0.25, -0.2) is 0 Å². The van der Waals surface area contributed by atoms with Gasteiger partial charge in [0, 0.05) is 11.1 Å². The molecule has 2 saturated carbocycles. The highest BCUT2D eigenvalue weighted by Gasteiger charge is 2.59. The molecule has 2 heteroatoms. The molecular formula is C16H29NO. The first kappa shape index (κ1) is 12.9. The zero-order valence-corrected chi connectivity index (χ0v) is 12.0. The van der Waals surface area contributed by atoms with Gasteiger partial charge < -0.3 is 5.21 Å². The van der Waals surface area contributed by atoms with Crippen molar-refractivity contribution >= 4 is 0 Å². The van der Waals surface area contributed by atoms with Gasteiger partial charge in [0.05, 0.1) is 0 Å². The normalized spacial score (nSPS) is 35.3. The molecule has 0 aromatic heterocycles. The van der Waals surface area contributed by atoms with Crippen molar-refractivity contribution in [1.29, 1.82) is 0 Å². The summed E-state index contributed by atoms with van der Waals surface area (Å²) in [6, 6.07) is 0. The molecule has 0 aromatic carbocycles. The summed E-state index contributed by atoms with van der Waals surface area (Å²) in [5, 5.41) is 12.9. The van der Waals surface area contributed by atoms with Crippen LogP contribution < -0.4 is 0 Å². The molecule has 1 saturated heterocycles. The molecule has 1 heterocycles. The summed E-state index contributed by atoms with van der Waals surface area (Å²) in [7, 11) is 0. The maximum Gasteiger partial charge on any atom is 0.0495 e. The van der Waals surface area contributed by atoms with Crippen LogP contribution in [0.1, 0.15) is 84.0 Å². The van der Waals surface area contributed by atoms with Crippen LogP contribution in [0.15, 0.2) is 0 Å². The largest absolute Gasteiger partial charge is 0.313 e. The average molecular weight is 251 g/mol. The molecule has 0 aromatic rings. The topological polar surface area (TPSA) is 23.5 Å². The van der Waals surface area contributed by atoms with Gasteiger partial charge in [-0.1, -0.05) is 51.9 Å². The van der Waals surface area contributed by atoms with E-state index in [1.165, 1.54) is 77.0 Å². The molecule has 1 aliphatic heterocycles. The van der Waals surface area contributed by atoms with Crippen LogP contribution in [0, 0.1) is 5.92 Å². The number of hydrogen-bond donors (Lipinski definition) is 1. The van der Waals surface area contributed by atoms with Gasteiger partial charge in [-0.15, -0.1) is 0 Å². The second-order valence-corrected chi connectivity index (χ2v) is 7.07. The highest BCUT2D eigenvalue weighted by Crippen LogP contribution is 2.56. The smallest absolute Gasteiger partial charge is 0.0495 e. The SMILES string of the molecule is CCC1CC2(CCCCC2)N(O)C12CCCCC2. The third-order valence-corrected chi connectivity index (χ3v) is 6.25. The monoisotopic (exact) mass is 251 g/mol. The molecule has 0 amide bonds. The Morgan fingerprint density at radius 2 is 1.50 bits per heavy atom. The van der Waals surface area contributed by atoms with Crippen molar-refractivity contribution in [2.24, 2.45) is 5.92 Å². The molecule has 18 heavy (non-hydrogen) atoms. The van der Waals surface area contributed by atoms with Gasteiger partial charge in [-0.05, 0) is 38.0 Å². The number of hydrogen-bond acceptors (Lipinski definition) is 2. The van der Waals surface area contributed by atoms with E-state index in [2.05, 4.69) is 6.92 Å². The van der Waals surface area contributed by atoms with Crippen molar-refractivity contribution in [2.75, 3.05) is 0 Å². The highest BCUT2D eigenvalue weighted by atomic mass is 16.5. The van der Waals surface area contributed by atoms with Crippen molar-refractivity contribution in [2.45, 2.75) is 95.1 Å². The summed E-state index contributed by atoms with van der Waals surface area (Å²) in [6.07, 6.45) is 15.5. The van der Waals surface area contributed by atoms with Crippen molar-refractivity contribution in [3.63, 3.8) is 0 Å². The lowest BCUT2D eigenvalue weighted by Gasteiger charge is -2.47. The molecule has 0 radical (unpaired) electrons. The van der Waals surface area contributed by atoms with Crippen LogP contribution in [0.3, 0.4) is 0 Å². The highest BCUT2D eigenvalue weighted by molar-refractivity contribution is 5.10. The second kappa shape index (κ2) is 4.79. The quantitative estimate of drug-likeness (QED) is 0.741. The van der Waals surface area contributed by atoms with E-state index in [-0.39, 0.29) is 11.1 Å². The number of nitrogens with zero attached hydrogens (tertiary/aromatic N) is 1. The first-order valence-electron chi connectivity index (χ1n) is 8.23. The fraction of sp³-hybridized carbons (Fsp3) is 1.00. The standard InChI is InChI=1S/C16H29NO/c1-2-14-13-15(9-5-3-6-10-15)17(18)16(14)11-7-4-8-12-16/h14,18H,2-13H2,1H3. The number of rotatable bonds is 1. The van der Waals surface area contributed by atoms with Crippen molar-refractivity contribution in [3.05, 3.63) is 0 Å². The average Bonchev–Trinajstić information content (AvgIpc) is 2.64. The molecule has 1 atom stereocenters. The molecule has 0 bridgehead atoms. The summed E-state index contributed by atoms with van der Waals surface area (Å²) in [6.45, 7) is 2.33. The Hall–Kier alpha value is -0.0800. The first-order chi connectivity index (χ1) is 8.73.